The number of hydrogen-bond donors (Lipinski definition) is 3. The number of alkyl halides is 2. The Morgan fingerprint density at radius 1 is 1.48 bits per heavy atom. The zero-order valence-corrected chi connectivity index (χ0v) is 11.6. The van der Waals surface area contributed by atoms with E-state index in [4.69, 9.17) is 16.6 Å². The maximum Gasteiger partial charge on any atom is 0.352 e. The molecule has 0 aliphatic heterocycles. The fourth-order valence-electron chi connectivity index (χ4n) is 2.27. The minimum absolute atomic E-state index is 0.0844. The second-order valence-corrected chi connectivity index (χ2v) is 5.51. The van der Waals surface area contributed by atoms with Gasteiger partial charge in [-0.2, -0.15) is 8.78 Å². The van der Waals surface area contributed by atoms with E-state index >= 15 is 0 Å². The quantitative estimate of drug-likeness (QED) is 0.761. The van der Waals surface area contributed by atoms with E-state index < -0.39 is 17.4 Å². The minimum atomic E-state index is -3.83. The molecular formula is C13H12F2N2O3S. The second kappa shape index (κ2) is 4.60. The molecule has 1 saturated carbocycles. The van der Waals surface area contributed by atoms with Crippen LogP contribution in [0.1, 0.15) is 19.3 Å². The monoisotopic (exact) mass is 314 g/mol. The summed E-state index contributed by atoms with van der Waals surface area (Å²) in [5.41, 5.74) is -1.15. The highest BCUT2D eigenvalue weighted by atomic mass is 32.1. The lowest BCUT2D eigenvalue weighted by atomic mass is 9.75. The summed E-state index contributed by atoms with van der Waals surface area (Å²) in [6.07, 6.45) is 0.312. The van der Waals surface area contributed by atoms with Crippen molar-refractivity contribution in [1.29, 1.82) is 0 Å². The number of rotatable bonds is 3. The number of carbonyl (C=O) groups excluding carboxylic acids is 1. The van der Waals surface area contributed by atoms with Crippen molar-refractivity contribution >= 4 is 34.9 Å². The third-order valence-corrected chi connectivity index (χ3v) is 3.91. The number of benzene rings is 1. The molecule has 0 saturated heterocycles. The van der Waals surface area contributed by atoms with Crippen molar-refractivity contribution in [1.82, 2.24) is 4.98 Å². The highest BCUT2D eigenvalue weighted by molar-refractivity contribution is 7.71. The Morgan fingerprint density at radius 2 is 2.19 bits per heavy atom. The lowest BCUT2D eigenvalue weighted by Gasteiger charge is -2.41. The number of H-pyrrole nitrogens is 1. The van der Waals surface area contributed by atoms with Crippen molar-refractivity contribution in [2.24, 2.45) is 0 Å². The number of aromatic amines is 1. The van der Waals surface area contributed by atoms with Crippen LogP contribution in [-0.2, 0) is 4.79 Å². The van der Waals surface area contributed by atoms with Crippen molar-refractivity contribution in [3.63, 3.8) is 0 Å². The van der Waals surface area contributed by atoms with E-state index in [0.29, 0.717) is 17.5 Å². The molecule has 1 aromatic heterocycles. The van der Waals surface area contributed by atoms with E-state index in [0.717, 1.165) is 0 Å². The van der Waals surface area contributed by atoms with E-state index in [1.807, 2.05) is 0 Å². The number of hydrogen-bond acceptors (Lipinski definition) is 4. The van der Waals surface area contributed by atoms with Gasteiger partial charge in [0.2, 0.25) is 0 Å². The number of amides is 1. The third-order valence-electron chi connectivity index (χ3n) is 3.73. The molecule has 112 valence electrons. The van der Waals surface area contributed by atoms with E-state index in [-0.39, 0.29) is 23.4 Å². The number of anilines is 1. The number of aromatic nitrogens is 1. The van der Waals surface area contributed by atoms with E-state index in [1.165, 1.54) is 12.1 Å². The first-order valence-electron chi connectivity index (χ1n) is 6.36. The molecule has 0 unspecified atom stereocenters. The van der Waals surface area contributed by atoms with Crippen LogP contribution in [0.3, 0.4) is 0 Å². The minimum Gasteiger partial charge on any atom is -0.429 e. The van der Waals surface area contributed by atoms with Crippen LogP contribution in [-0.4, -0.2) is 27.5 Å². The summed E-state index contributed by atoms with van der Waals surface area (Å²) in [6.45, 7) is 0. The Hall–Kier alpha value is -1.80. The summed E-state index contributed by atoms with van der Waals surface area (Å²) >= 11 is 4.81. The van der Waals surface area contributed by atoms with E-state index in [9.17, 15) is 18.7 Å². The largest absolute Gasteiger partial charge is 0.429 e. The zero-order valence-electron chi connectivity index (χ0n) is 10.8. The van der Waals surface area contributed by atoms with Gasteiger partial charge in [-0.25, -0.2) is 0 Å². The maximum atomic E-state index is 13.9. The summed E-state index contributed by atoms with van der Waals surface area (Å²) in [7, 11) is 0. The van der Waals surface area contributed by atoms with Crippen LogP contribution in [0.15, 0.2) is 22.6 Å². The number of oxazole rings is 1. The molecule has 1 aliphatic rings. The number of nitrogens with one attached hydrogen (secondary N) is 2. The van der Waals surface area contributed by atoms with Crippen molar-refractivity contribution in [3.05, 3.63) is 23.0 Å². The fourth-order valence-corrected chi connectivity index (χ4v) is 2.47. The van der Waals surface area contributed by atoms with Crippen LogP contribution in [0.5, 0.6) is 0 Å². The van der Waals surface area contributed by atoms with Crippen LogP contribution >= 0.6 is 12.2 Å². The van der Waals surface area contributed by atoms with Gasteiger partial charge in [0.05, 0.1) is 5.52 Å². The summed E-state index contributed by atoms with van der Waals surface area (Å²) in [5, 5.41) is 11.8. The lowest BCUT2D eigenvalue weighted by Crippen LogP contribution is -2.59. The molecule has 3 rings (SSSR count). The van der Waals surface area contributed by atoms with Crippen LogP contribution in [0.25, 0.3) is 11.1 Å². The molecule has 8 heteroatoms. The SMILES string of the molecule is O=C(Nc1ccc2[nH]c(=S)oc2c1)C(F)(F)C1(O)CCC1. The van der Waals surface area contributed by atoms with Crippen LogP contribution in [0.2, 0.25) is 0 Å². The van der Waals surface area contributed by atoms with Crippen molar-refractivity contribution in [2.45, 2.75) is 30.8 Å². The second-order valence-electron chi connectivity index (χ2n) is 5.14. The molecule has 1 fully saturated rings. The summed E-state index contributed by atoms with van der Waals surface area (Å²) < 4.78 is 33.0. The Labute approximate surface area is 123 Å². The predicted molar refractivity (Wildman–Crippen MR) is 73.8 cm³/mol. The standard InChI is InChI=1S/C13H12F2N2O3S/c14-13(15,12(19)4-1-5-12)10(18)16-7-2-3-8-9(6-7)20-11(21)17-8/h2-3,6,19H,1,4-5H2,(H,16,18)(H,17,21). The van der Waals surface area contributed by atoms with Crippen molar-refractivity contribution in [2.75, 3.05) is 5.32 Å². The Kier molecular flexibility index (Phi) is 3.10. The predicted octanol–water partition coefficient (Wildman–Crippen LogP) is 2.98. The molecule has 0 atom stereocenters. The topological polar surface area (TPSA) is 78.3 Å². The van der Waals surface area contributed by atoms with Crippen LogP contribution in [0, 0.1) is 4.84 Å². The van der Waals surface area contributed by atoms with Gasteiger partial charge in [0.15, 0.2) is 5.58 Å². The summed E-state index contributed by atoms with van der Waals surface area (Å²) in [5.74, 6) is -5.36. The number of halogens is 2. The fraction of sp³-hybridized carbons (Fsp3) is 0.385. The first-order chi connectivity index (χ1) is 9.82. The van der Waals surface area contributed by atoms with Gasteiger partial charge < -0.3 is 19.8 Å². The summed E-state index contributed by atoms with van der Waals surface area (Å²) in [4.78, 5) is 14.6. The Bertz CT molecular complexity index is 764. The first kappa shape index (κ1) is 14.2. The van der Waals surface area contributed by atoms with E-state index in [1.54, 1.807) is 6.07 Å². The molecule has 1 aliphatic carbocycles. The van der Waals surface area contributed by atoms with Crippen LogP contribution in [0.4, 0.5) is 14.5 Å². The average Bonchev–Trinajstić information content (AvgIpc) is 2.75. The number of carbonyl (C=O) groups is 1. The van der Waals surface area contributed by atoms with E-state index in [2.05, 4.69) is 10.3 Å². The molecule has 1 heterocycles. The first-order valence-corrected chi connectivity index (χ1v) is 6.77. The molecule has 2 aromatic rings. The van der Waals surface area contributed by atoms with Crippen LogP contribution < -0.4 is 5.32 Å². The number of aliphatic hydroxyl groups is 1. The van der Waals surface area contributed by atoms with Gasteiger partial charge in [0.1, 0.15) is 5.60 Å². The van der Waals surface area contributed by atoms with Crippen molar-refractivity contribution in [3.8, 4) is 0 Å². The highest BCUT2D eigenvalue weighted by Crippen LogP contribution is 2.44. The van der Waals surface area contributed by atoms with Gasteiger partial charge in [-0.05, 0) is 43.6 Å². The smallest absolute Gasteiger partial charge is 0.352 e. The average molecular weight is 314 g/mol. The Morgan fingerprint density at radius 3 is 2.81 bits per heavy atom. The normalized spacial score (nSPS) is 17.5. The molecule has 3 N–H and O–H groups in total. The van der Waals surface area contributed by atoms with Gasteiger partial charge in [0, 0.05) is 11.8 Å². The highest BCUT2D eigenvalue weighted by Gasteiger charge is 2.61. The molecule has 0 radical (unpaired) electrons. The molecule has 21 heavy (non-hydrogen) atoms. The lowest BCUT2D eigenvalue weighted by molar-refractivity contribution is -0.212. The zero-order chi connectivity index (χ0) is 15.3. The maximum absolute atomic E-state index is 13.9. The number of fused-ring (bicyclic) bond motifs is 1. The molecule has 1 aromatic carbocycles. The van der Waals surface area contributed by atoms with Gasteiger partial charge in [-0.1, -0.05) is 0 Å². The van der Waals surface area contributed by atoms with Gasteiger partial charge >= 0.3 is 5.92 Å². The molecule has 1 amide bonds. The van der Waals surface area contributed by atoms with Gasteiger partial charge in [-0.3, -0.25) is 4.79 Å². The van der Waals surface area contributed by atoms with Gasteiger partial charge in [0.25, 0.3) is 10.7 Å². The molecule has 5 nitrogen and oxygen atoms in total. The van der Waals surface area contributed by atoms with Gasteiger partial charge in [-0.15, -0.1) is 0 Å². The third kappa shape index (κ3) is 2.24. The molecule has 0 spiro atoms. The Balaban J connectivity index is 1.84. The summed E-state index contributed by atoms with van der Waals surface area (Å²) in [6, 6.07) is 4.39. The molecular weight excluding hydrogens is 302 g/mol. The van der Waals surface area contributed by atoms with Crippen molar-refractivity contribution < 1.29 is 23.1 Å². The molecule has 0 bridgehead atoms.